The molecule has 2 atom stereocenters. The first-order chi connectivity index (χ1) is 5.73. The molecule has 1 aliphatic rings. The maximum atomic E-state index is 12.4. The summed E-state index contributed by atoms with van der Waals surface area (Å²) in [5, 5.41) is 0. The molecule has 1 aliphatic carbocycles. The maximum Gasteiger partial charge on any atom is 0.397 e. The van der Waals surface area contributed by atoms with E-state index >= 15 is 0 Å². The van der Waals surface area contributed by atoms with Gasteiger partial charge in [0.2, 0.25) is 0 Å². The fourth-order valence-corrected chi connectivity index (χ4v) is 1.25. The lowest BCUT2D eigenvalue weighted by atomic mass is 9.82. The molecule has 0 saturated heterocycles. The predicted octanol–water partition coefficient (Wildman–Crippen LogP) is 1.29. The Bertz CT molecular complexity index is 263. The van der Waals surface area contributed by atoms with Crippen molar-refractivity contribution in [2.45, 2.75) is 18.6 Å². The minimum Gasteiger partial charge on any atom is -0.399 e. The highest BCUT2D eigenvalue weighted by atomic mass is 19.4. The van der Waals surface area contributed by atoms with E-state index in [9.17, 15) is 13.2 Å². The molecule has 0 aromatic carbocycles. The molecule has 0 spiro atoms. The molecule has 13 heavy (non-hydrogen) atoms. The Morgan fingerprint density at radius 2 is 2.00 bits per heavy atom. The molecule has 1 rings (SSSR count). The molecule has 74 valence electrons. The van der Waals surface area contributed by atoms with Crippen LogP contribution in [0.25, 0.3) is 0 Å². The van der Waals surface area contributed by atoms with Crippen LogP contribution in [0, 0.1) is 5.92 Å². The zero-order chi connectivity index (χ0) is 10.3. The van der Waals surface area contributed by atoms with Crippen molar-refractivity contribution >= 4 is 0 Å². The van der Waals surface area contributed by atoms with Gasteiger partial charge in [0.05, 0.1) is 5.92 Å². The number of nitrogens with two attached hydrogens (primary N) is 2. The average molecular weight is 192 g/mol. The number of rotatable bonds is 0. The summed E-state index contributed by atoms with van der Waals surface area (Å²) >= 11 is 0. The third kappa shape index (κ3) is 2.03. The van der Waals surface area contributed by atoms with Crippen molar-refractivity contribution in [1.82, 2.24) is 0 Å². The molecule has 0 heterocycles. The highest BCUT2D eigenvalue weighted by Crippen LogP contribution is 2.37. The first kappa shape index (κ1) is 10.1. The summed E-state index contributed by atoms with van der Waals surface area (Å²) in [6, 6.07) is 0. The van der Waals surface area contributed by atoms with Gasteiger partial charge in [-0.15, -0.1) is 0 Å². The standard InChI is InChI=1S/C8H11F3N2/c1-7(13)3-2-5(12)4-6(7)8(9,10)11/h2-4,6H,12-13H2,1H3. The highest BCUT2D eigenvalue weighted by molar-refractivity contribution is 5.29. The van der Waals surface area contributed by atoms with Gasteiger partial charge in [-0.3, -0.25) is 0 Å². The van der Waals surface area contributed by atoms with Crippen molar-refractivity contribution in [3.05, 3.63) is 23.9 Å². The molecule has 0 aliphatic heterocycles. The molecule has 5 heteroatoms. The Balaban J connectivity index is 3.02. The first-order valence-corrected chi connectivity index (χ1v) is 3.75. The number of alkyl halides is 3. The molecular weight excluding hydrogens is 181 g/mol. The molecule has 0 fully saturated rings. The fraction of sp³-hybridized carbons (Fsp3) is 0.500. The molecule has 4 N–H and O–H groups in total. The second-order valence-electron chi connectivity index (χ2n) is 3.39. The summed E-state index contributed by atoms with van der Waals surface area (Å²) in [5.41, 5.74) is 9.43. The van der Waals surface area contributed by atoms with E-state index in [1.807, 2.05) is 0 Å². The Morgan fingerprint density at radius 1 is 1.46 bits per heavy atom. The van der Waals surface area contributed by atoms with Gasteiger partial charge in [-0.2, -0.15) is 13.2 Å². The topological polar surface area (TPSA) is 52.0 Å². The molecule has 0 aromatic rings. The summed E-state index contributed by atoms with van der Waals surface area (Å²) in [6.45, 7) is 1.32. The van der Waals surface area contributed by atoms with Crippen LogP contribution >= 0.6 is 0 Å². The summed E-state index contributed by atoms with van der Waals surface area (Å²) in [7, 11) is 0. The molecular formula is C8H11F3N2. The van der Waals surface area contributed by atoms with Gasteiger partial charge in [-0.1, -0.05) is 6.08 Å². The molecule has 0 aromatic heterocycles. The van der Waals surface area contributed by atoms with Crippen molar-refractivity contribution in [1.29, 1.82) is 0 Å². The summed E-state index contributed by atoms with van der Waals surface area (Å²) in [5.74, 6) is -1.70. The van der Waals surface area contributed by atoms with Crippen molar-refractivity contribution in [3.8, 4) is 0 Å². The number of hydrogen-bond donors (Lipinski definition) is 2. The molecule has 0 radical (unpaired) electrons. The lowest BCUT2D eigenvalue weighted by molar-refractivity contribution is -0.172. The Hall–Kier alpha value is -0.970. The lowest BCUT2D eigenvalue weighted by Gasteiger charge is -2.33. The van der Waals surface area contributed by atoms with E-state index in [0.717, 1.165) is 6.08 Å². The van der Waals surface area contributed by atoms with Crippen molar-refractivity contribution in [2.75, 3.05) is 0 Å². The molecule has 0 amide bonds. The Kier molecular flexibility index (Phi) is 2.15. The molecule has 2 unspecified atom stereocenters. The fourth-order valence-electron chi connectivity index (χ4n) is 1.25. The Labute approximate surface area is 74.1 Å². The van der Waals surface area contributed by atoms with E-state index in [4.69, 9.17) is 11.5 Å². The average Bonchev–Trinajstić information content (AvgIpc) is 1.92. The smallest absolute Gasteiger partial charge is 0.397 e. The van der Waals surface area contributed by atoms with Crippen LogP contribution in [-0.2, 0) is 0 Å². The van der Waals surface area contributed by atoms with Crippen LogP contribution in [0.1, 0.15) is 6.92 Å². The summed E-state index contributed by atoms with van der Waals surface area (Å²) < 4.78 is 37.2. The van der Waals surface area contributed by atoms with E-state index in [0.29, 0.717) is 0 Å². The third-order valence-electron chi connectivity index (χ3n) is 2.02. The summed E-state index contributed by atoms with van der Waals surface area (Å²) in [4.78, 5) is 0. The summed E-state index contributed by atoms with van der Waals surface area (Å²) in [6.07, 6.45) is -0.735. The van der Waals surface area contributed by atoms with Gasteiger partial charge in [-0.25, -0.2) is 0 Å². The van der Waals surface area contributed by atoms with Crippen LogP contribution < -0.4 is 11.5 Å². The van der Waals surface area contributed by atoms with Gasteiger partial charge < -0.3 is 11.5 Å². The van der Waals surface area contributed by atoms with Gasteiger partial charge in [-0.05, 0) is 19.1 Å². The van der Waals surface area contributed by atoms with Crippen LogP contribution in [0.3, 0.4) is 0 Å². The van der Waals surface area contributed by atoms with Crippen LogP contribution in [0.15, 0.2) is 23.9 Å². The zero-order valence-electron chi connectivity index (χ0n) is 7.10. The maximum absolute atomic E-state index is 12.4. The lowest BCUT2D eigenvalue weighted by Crippen LogP contribution is -2.49. The monoisotopic (exact) mass is 192 g/mol. The normalized spacial score (nSPS) is 34.5. The first-order valence-electron chi connectivity index (χ1n) is 3.75. The predicted molar refractivity (Wildman–Crippen MR) is 43.5 cm³/mol. The molecule has 2 nitrogen and oxygen atoms in total. The van der Waals surface area contributed by atoms with E-state index in [1.54, 1.807) is 0 Å². The van der Waals surface area contributed by atoms with E-state index in [2.05, 4.69) is 0 Å². The number of allylic oxidation sites excluding steroid dienone is 1. The van der Waals surface area contributed by atoms with Crippen LogP contribution in [0.2, 0.25) is 0 Å². The number of halogens is 3. The van der Waals surface area contributed by atoms with Crippen LogP contribution in [0.4, 0.5) is 13.2 Å². The Morgan fingerprint density at radius 3 is 2.38 bits per heavy atom. The van der Waals surface area contributed by atoms with Gasteiger partial charge >= 0.3 is 6.18 Å². The van der Waals surface area contributed by atoms with Crippen molar-refractivity contribution in [2.24, 2.45) is 17.4 Å². The number of hydrogen-bond acceptors (Lipinski definition) is 2. The minimum absolute atomic E-state index is 0.102. The van der Waals surface area contributed by atoms with E-state index in [-0.39, 0.29) is 5.70 Å². The third-order valence-corrected chi connectivity index (χ3v) is 2.02. The highest BCUT2D eigenvalue weighted by Gasteiger charge is 2.48. The van der Waals surface area contributed by atoms with Crippen molar-refractivity contribution in [3.63, 3.8) is 0 Å². The van der Waals surface area contributed by atoms with Crippen LogP contribution in [0.5, 0.6) is 0 Å². The molecule has 0 saturated carbocycles. The largest absolute Gasteiger partial charge is 0.399 e. The zero-order valence-corrected chi connectivity index (χ0v) is 7.10. The van der Waals surface area contributed by atoms with Gasteiger partial charge in [0.1, 0.15) is 0 Å². The van der Waals surface area contributed by atoms with Gasteiger partial charge in [0.15, 0.2) is 0 Å². The van der Waals surface area contributed by atoms with Gasteiger partial charge in [0, 0.05) is 11.2 Å². The minimum atomic E-state index is -4.35. The van der Waals surface area contributed by atoms with Gasteiger partial charge in [0.25, 0.3) is 0 Å². The molecule has 0 bridgehead atoms. The van der Waals surface area contributed by atoms with Crippen LogP contribution in [-0.4, -0.2) is 11.7 Å². The van der Waals surface area contributed by atoms with E-state index < -0.39 is 17.6 Å². The quantitative estimate of drug-likeness (QED) is 0.607. The van der Waals surface area contributed by atoms with E-state index in [1.165, 1.54) is 19.1 Å². The van der Waals surface area contributed by atoms with Crippen molar-refractivity contribution < 1.29 is 13.2 Å². The SMILES string of the molecule is CC1(N)C=CC(N)=CC1C(F)(F)F. The second kappa shape index (κ2) is 2.77. The second-order valence-corrected chi connectivity index (χ2v) is 3.39.